The second-order valence-corrected chi connectivity index (χ2v) is 5.60. The van der Waals surface area contributed by atoms with Gasteiger partial charge in [-0.3, -0.25) is 4.79 Å². The molecule has 128 valence electrons. The number of hydrogen-bond donors (Lipinski definition) is 2. The zero-order valence-electron chi connectivity index (χ0n) is 14.4. The van der Waals surface area contributed by atoms with Crippen molar-refractivity contribution in [3.8, 4) is 5.75 Å². The van der Waals surface area contributed by atoms with Crippen molar-refractivity contribution in [3.05, 3.63) is 47.9 Å². The van der Waals surface area contributed by atoms with E-state index in [1.54, 1.807) is 13.2 Å². The lowest BCUT2D eigenvalue weighted by atomic mass is 10.1. The summed E-state index contributed by atoms with van der Waals surface area (Å²) < 4.78 is 5.13. The highest BCUT2D eigenvalue weighted by molar-refractivity contribution is 5.92. The van der Waals surface area contributed by atoms with E-state index in [-0.39, 0.29) is 5.91 Å². The van der Waals surface area contributed by atoms with Crippen LogP contribution in [0.2, 0.25) is 0 Å². The van der Waals surface area contributed by atoms with Gasteiger partial charge >= 0.3 is 0 Å². The van der Waals surface area contributed by atoms with Crippen molar-refractivity contribution >= 4 is 11.7 Å². The van der Waals surface area contributed by atoms with Gasteiger partial charge in [0.1, 0.15) is 23.6 Å². The molecule has 6 heteroatoms. The summed E-state index contributed by atoms with van der Waals surface area (Å²) >= 11 is 0. The van der Waals surface area contributed by atoms with Gasteiger partial charge in [-0.2, -0.15) is 0 Å². The van der Waals surface area contributed by atoms with E-state index in [1.165, 1.54) is 6.33 Å². The van der Waals surface area contributed by atoms with Crippen LogP contribution >= 0.6 is 0 Å². The third-order valence-electron chi connectivity index (χ3n) is 3.76. The first-order valence-electron chi connectivity index (χ1n) is 8.12. The number of anilines is 1. The average molecular weight is 328 g/mol. The molecule has 2 aromatic rings. The first kappa shape index (κ1) is 17.7. The van der Waals surface area contributed by atoms with E-state index in [1.807, 2.05) is 24.3 Å². The summed E-state index contributed by atoms with van der Waals surface area (Å²) in [6, 6.07) is 9.77. The number of nitrogens with zero attached hydrogens (tertiary/aromatic N) is 2. The quantitative estimate of drug-likeness (QED) is 0.779. The molecule has 1 aromatic carbocycles. The minimum atomic E-state index is -0.196. The topological polar surface area (TPSA) is 76.1 Å². The van der Waals surface area contributed by atoms with Crippen LogP contribution in [-0.2, 0) is 6.42 Å². The lowest BCUT2D eigenvalue weighted by molar-refractivity contribution is 0.0949. The summed E-state index contributed by atoms with van der Waals surface area (Å²) in [5, 5.41) is 6.12. The van der Waals surface area contributed by atoms with Crippen molar-refractivity contribution < 1.29 is 9.53 Å². The molecule has 1 atom stereocenters. The van der Waals surface area contributed by atoms with Gasteiger partial charge in [-0.25, -0.2) is 9.97 Å². The fourth-order valence-electron chi connectivity index (χ4n) is 2.12. The number of amides is 1. The highest BCUT2D eigenvalue weighted by atomic mass is 16.5. The van der Waals surface area contributed by atoms with Crippen LogP contribution in [0.3, 0.4) is 0 Å². The predicted octanol–water partition coefficient (Wildman–Crippen LogP) is 2.67. The summed E-state index contributed by atoms with van der Waals surface area (Å²) in [6.07, 6.45) is 3.13. The van der Waals surface area contributed by atoms with Gasteiger partial charge in [0.2, 0.25) is 0 Å². The van der Waals surface area contributed by atoms with E-state index >= 15 is 0 Å². The molecule has 2 rings (SSSR count). The largest absolute Gasteiger partial charge is 0.497 e. The SMILES string of the molecule is CCC(C)Nc1cc(C(=O)NCCc2ccc(OC)cc2)ncn1. The highest BCUT2D eigenvalue weighted by Crippen LogP contribution is 2.11. The third-order valence-corrected chi connectivity index (χ3v) is 3.76. The van der Waals surface area contributed by atoms with Crippen molar-refractivity contribution in [1.29, 1.82) is 0 Å². The van der Waals surface area contributed by atoms with Crippen molar-refractivity contribution in [2.75, 3.05) is 19.0 Å². The van der Waals surface area contributed by atoms with Gasteiger partial charge in [0.25, 0.3) is 5.91 Å². The first-order chi connectivity index (χ1) is 11.6. The van der Waals surface area contributed by atoms with Crippen molar-refractivity contribution in [3.63, 3.8) is 0 Å². The number of aromatic nitrogens is 2. The number of carbonyl (C=O) groups excluding carboxylic acids is 1. The molecular weight excluding hydrogens is 304 g/mol. The summed E-state index contributed by atoms with van der Waals surface area (Å²) in [7, 11) is 1.64. The molecule has 0 radical (unpaired) electrons. The Labute approximate surface area is 142 Å². The second kappa shape index (κ2) is 8.86. The fourth-order valence-corrected chi connectivity index (χ4v) is 2.12. The smallest absolute Gasteiger partial charge is 0.270 e. The van der Waals surface area contributed by atoms with Crippen molar-refractivity contribution in [2.45, 2.75) is 32.7 Å². The molecule has 0 fully saturated rings. The van der Waals surface area contributed by atoms with Crippen LogP contribution in [0, 0.1) is 0 Å². The van der Waals surface area contributed by atoms with E-state index in [0.717, 1.165) is 24.2 Å². The Hall–Kier alpha value is -2.63. The number of hydrogen-bond acceptors (Lipinski definition) is 5. The standard InChI is InChI=1S/C18H24N4O2/c1-4-13(2)22-17-11-16(20-12-21-17)18(23)19-10-9-14-5-7-15(24-3)8-6-14/h5-8,11-13H,4,9-10H2,1-3H3,(H,19,23)(H,20,21,22). The van der Waals surface area contributed by atoms with Gasteiger partial charge in [-0.1, -0.05) is 19.1 Å². The molecule has 2 N–H and O–H groups in total. The van der Waals surface area contributed by atoms with E-state index in [4.69, 9.17) is 4.74 Å². The molecule has 1 aromatic heterocycles. The average Bonchev–Trinajstić information content (AvgIpc) is 2.62. The Morgan fingerprint density at radius 2 is 2.00 bits per heavy atom. The molecule has 0 aliphatic rings. The van der Waals surface area contributed by atoms with Gasteiger partial charge in [0.05, 0.1) is 7.11 Å². The third kappa shape index (κ3) is 5.22. The lowest BCUT2D eigenvalue weighted by Crippen LogP contribution is -2.27. The second-order valence-electron chi connectivity index (χ2n) is 5.60. The van der Waals surface area contributed by atoms with Gasteiger partial charge < -0.3 is 15.4 Å². The van der Waals surface area contributed by atoms with Crippen LogP contribution in [0.25, 0.3) is 0 Å². The molecule has 0 saturated carbocycles. The highest BCUT2D eigenvalue weighted by Gasteiger charge is 2.09. The molecule has 0 aliphatic carbocycles. The minimum absolute atomic E-state index is 0.196. The predicted molar refractivity (Wildman–Crippen MR) is 94.4 cm³/mol. The monoisotopic (exact) mass is 328 g/mol. The van der Waals surface area contributed by atoms with Gasteiger partial charge in [-0.05, 0) is 37.5 Å². The Bertz CT molecular complexity index is 658. The number of carbonyl (C=O) groups is 1. The van der Waals surface area contributed by atoms with Gasteiger partial charge in [0, 0.05) is 18.7 Å². The van der Waals surface area contributed by atoms with Crippen molar-refractivity contribution in [1.82, 2.24) is 15.3 Å². The first-order valence-corrected chi connectivity index (χ1v) is 8.12. The van der Waals surface area contributed by atoms with Crippen LogP contribution in [0.1, 0.15) is 36.3 Å². The number of benzene rings is 1. The Morgan fingerprint density at radius 3 is 2.67 bits per heavy atom. The normalized spacial score (nSPS) is 11.6. The van der Waals surface area contributed by atoms with Gasteiger partial charge in [-0.15, -0.1) is 0 Å². The Kier molecular flexibility index (Phi) is 6.54. The molecule has 6 nitrogen and oxygen atoms in total. The Morgan fingerprint density at radius 1 is 1.25 bits per heavy atom. The van der Waals surface area contributed by atoms with E-state index in [0.29, 0.717) is 24.1 Å². The Balaban J connectivity index is 1.86. The maximum Gasteiger partial charge on any atom is 0.270 e. The summed E-state index contributed by atoms with van der Waals surface area (Å²) in [4.78, 5) is 20.4. The number of methoxy groups -OCH3 is 1. The minimum Gasteiger partial charge on any atom is -0.497 e. The molecule has 0 bridgehead atoms. The summed E-state index contributed by atoms with van der Waals surface area (Å²) in [5.41, 5.74) is 1.50. The maximum atomic E-state index is 12.2. The molecule has 1 heterocycles. The van der Waals surface area contributed by atoms with Crippen LogP contribution in [0.4, 0.5) is 5.82 Å². The van der Waals surface area contributed by atoms with Crippen LogP contribution < -0.4 is 15.4 Å². The van der Waals surface area contributed by atoms with Crippen LogP contribution in [-0.4, -0.2) is 35.6 Å². The molecule has 0 aliphatic heterocycles. The molecule has 24 heavy (non-hydrogen) atoms. The van der Waals surface area contributed by atoms with E-state index < -0.39 is 0 Å². The molecular formula is C18H24N4O2. The van der Waals surface area contributed by atoms with Crippen LogP contribution in [0.15, 0.2) is 36.7 Å². The van der Waals surface area contributed by atoms with Gasteiger partial charge in [0.15, 0.2) is 0 Å². The van der Waals surface area contributed by atoms with Crippen LogP contribution in [0.5, 0.6) is 5.75 Å². The molecule has 1 amide bonds. The maximum absolute atomic E-state index is 12.2. The zero-order valence-corrected chi connectivity index (χ0v) is 14.4. The fraction of sp³-hybridized carbons (Fsp3) is 0.389. The van der Waals surface area contributed by atoms with E-state index in [9.17, 15) is 4.79 Å². The van der Waals surface area contributed by atoms with Crippen molar-refractivity contribution in [2.24, 2.45) is 0 Å². The number of nitrogens with one attached hydrogen (secondary N) is 2. The van der Waals surface area contributed by atoms with E-state index in [2.05, 4.69) is 34.4 Å². The zero-order chi connectivity index (χ0) is 17.4. The lowest BCUT2D eigenvalue weighted by Gasteiger charge is -2.12. The molecule has 0 saturated heterocycles. The summed E-state index contributed by atoms with van der Waals surface area (Å²) in [5.74, 6) is 1.29. The number of rotatable bonds is 8. The molecule has 0 spiro atoms. The number of ether oxygens (including phenoxy) is 1. The summed E-state index contributed by atoms with van der Waals surface area (Å²) in [6.45, 7) is 4.70. The molecule has 1 unspecified atom stereocenters.